The molecule has 0 unspecified atom stereocenters. The number of rotatable bonds is 6. The zero-order chi connectivity index (χ0) is 18.7. The van der Waals surface area contributed by atoms with Gasteiger partial charge in [-0.05, 0) is 38.7 Å². The van der Waals surface area contributed by atoms with E-state index < -0.39 is 12.1 Å². The topological polar surface area (TPSA) is 87.3 Å². The van der Waals surface area contributed by atoms with E-state index >= 15 is 0 Å². The minimum absolute atomic E-state index is 0.00535. The van der Waals surface area contributed by atoms with E-state index in [0.717, 1.165) is 12.8 Å². The van der Waals surface area contributed by atoms with Crippen molar-refractivity contribution in [2.24, 2.45) is 0 Å². The van der Waals surface area contributed by atoms with E-state index in [1.54, 1.807) is 0 Å². The smallest absolute Gasteiger partial charge is 0.322 e. The number of hydrogen-bond donors (Lipinski definition) is 3. The van der Waals surface area contributed by atoms with Crippen molar-refractivity contribution >= 4 is 17.8 Å². The van der Waals surface area contributed by atoms with Crippen LogP contribution in [0.3, 0.4) is 0 Å². The summed E-state index contributed by atoms with van der Waals surface area (Å²) < 4.78 is 0. The molecule has 1 aromatic carbocycles. The van der Waals surface area contributed by atoms with Crippen LogP contribution >= 0.6 is 0 Å². The Kier molecular flexibility index (Phi) is 5.30. The summed E-state index contributed by atoms with van der Waals surface area (Å²) in [6.45, 7) is 4.84. The van der Waals surface area contributed by atoms with Gasteiger partial charge in [0.05, 0.1) is 0 Å². The highest BCUT2D eigenvalue weighted by Gasteiger charge is 2.36. The van der Waals surface area contributed by atoms with Gasteiger partial charge in [0, 0.05) is 18.4 Å². The minimum Gasteiger partial charge on any atom is -0.355 e. The van der Waals surface area contributed by atoms with Crippen LogP contribution in [0, 0.1) is 13.8 Å². The molecule has 1 saturated heterocycles. The molecule has 2 aliphatic rings. The molecule has 0 bridgehead atoms. The predicted molar refractivity (Wildman–Crippen MR) is 98.8 cm³/mol. The van der Waals surface area contributed by atoms with Crippen molar-refractivity contribution in [2.75, 3.05) is 6.54 Å². The van der Waals surface area contributed by atoms with Crippen LogP contribution in [0.2, 0.25) is 0 Å². The maximum atomic E-state index is 12.3. The minimum atomic E-state index is -0.604. The van der Waals surface area contributed by atoms with E-state index in [4.69, 9.17) is 0 Å². The van der Waals surface area contributed by atoms with E-state index in [2.05, 4.69) is 48.0 Å². The van der Waals surface area contributed by atoms with Gasteiger partial charge in [-0.2, -0.15) is 0 Å². The zero-order valence-corrected chi connectivity index (χ0v) is 15.5. The molecule has 1 aliphatic carbocycles. The van der Waals surface area contributed by atoms with Gasteiger partial charge in [-0.1, -0.05) is 42.2 Å². The first kappa shape index (κ1) is 18.4. The average molecular weight is 357 g/mol. The maximum absolute atomic E-state index is 12.3. The number of carbonyl (C=O) groups is 3. The Morgan fingerprint density at radius 3 is 2.38 bits per heavy atom. The number of nitrogens with one attached hydrogen (secondary N) is 3. The third-order valence-corrected chi connectivity index (χ3v) is 5.54. The molecular weight excluding hydrogens is 330 g/mol. The molecule has 1 atom stereocenters. The summed E-state index contributed by atoms with van der Waals surface area (Å²) in [5, 5.41) is 7.78. The Morgan fingerprint density at radius 1 is 1.15 bits per heavy atom. The summed E-state index contributed by atoms with van der Waals surface area (Å²) in [6, 6.07) is 5.56. The fourth-order valence-corrected chi connectivity index (χ4v) is 4.19. The number of benzene rings is 1. The van der Waals surface area contributed by atoms with Gasteiger partial charge >= 0.3 is 6.03 Å². The van der Waals surface area contributed by atoms with Crippen molar-refractivity contribution in [2.45, 2.75) is 63.8 Å². The molecule has 140 valence electrons. The number of urea groups is 1. The molecule has 6 nitrogen and oxygen atoms in total. The molecule has 1 aromatic rings. The molecule has 0 radical (unpaired) electrons. The Hall–Kier alpha value is -2.37. The fraction of sp³-hybridized carbons (Fsp3) is 0.550. The number of imide groups is 1. The number of amides is 4. The van der Waals surface area contributed by atoms with Gasteiger partial charge in [0.1, 0.15) is 6.04 Å². The van der Waals surface area contributed by atoms with E-state index in [0.29, 0.717) is 13.0 Å². The van der Waals surface area contributed by atoms with Crippen LogP contribution in [-0.4, -0.2) is 30.4 Å². The van der Waals surface area contributed by atoms with E-state index in [9.17, 15) is 14.4 Å². The normalized spacial score (nSPS) is 21.4. The molecule has 1 aliphatic heterocycles. The van der Waals surface area contributed by atoms with Crippen LogP contribution in [0.5, 0.6) is 0 Å². The van der Waals surface area contributed by atoms with Crippen LogP contribution in [-0.2, 0) is 15.0 Å². The maximum Gasteiger partial charge on any atom is 0.322 e. The quantitative estimate of drug-likeness (QED) is 0.682. The van der Waals surface area contributed by atoms with Gasteiger partial charge in [-0.25, -0.2) is 4.79 Å². The van der Waals surface area contributed by atoms with Gasteiger partial charge in [0.15, 0.2) is 0 Å². The first-order valence-electron chi connectivity index (χ1n) is 9.35. The standard InChI is InChI=1S/C20H27N3O3/c1-13-9-14(2)11-15(10-13)20(7-3-4-8-20)12-21-17(24)6-5-16-18(25)23-19(26)22-16/h9-11,16H,3-8,12H2,1-2H3,(H,21,24)(H2,22,23,25,26)/t16-/m1/s1. The summed E-state index contributed by atoms with van der Waals surface area (Å²) in [6.07, 6.45) is 5.06. The first-order valence-corrected chi connectivity index (χ1v) is 9.35. The second kappa shape index (κ2) is 7.48. The molecule has 3 rings (SSSR count). The first-order chi connectivity index (χ1) is 12.4. The zero-order valence-electron chi connectivity index (χ0n) is 15.5. The molecule has 26 heavy (non-hydrogen) atoms. The molecule has 1 heterocycles. The summed E-state index contributed by atoms with van der Waals surface area (Å²) >= 11 is 0. The van der Waals surface area contributed by atoms with Gasteiger partial charge < -0.3 is 10.6 Å². The highest BCUT2D eigenvalue weighted by molar-refractivity contribution is 6.04. The molecule has 0 spiro atoms. The second-order valence-corrected chi connectivity index (χ2v) is 7.69. The molecular formula is C20H27N3O3. The van der Waals surface area contributed by atoms with Crippen molar-refractivity contribution in [3.8, 4) is 0 Å². The highest BCUT2D eigenvalue weighted by Crippen LogP contribution is 2.41. The van der Waals surface area contributed by atoms with Gasteiger partial charge in [0.2, 0.25) is 5.91 Å². The van der Waals surface area contributed by atoms with Gasteiger partial charge in [-0.15, -0.1) is 0 Å². The van der Waals surface area contributed by atoms with Crippen LogP contribution in [0.25, 0.3) is 0 Å². The number of hydrogen-bond acceptors (Lipinski definition) is 3. The number of carbonyl (C=O) groups excluding carboxylic acids is 3. The molecule has 1 saturated carbocycles. The van der Waals surface area contributed by atoms with Crippen LogP contribution in [0.1, 0.15) is 55.2 Å². The third-order valence-electron chi connectivity index (χ3n) is 5.54. The summed E-state index contributed by atoms with van der Waals surface area (Å²) in [5.74, 6) is -0.431. The summed E-state index contributed by atoms with van der Waals surface area (Å²) in [4.78, 5) is 35.0. The summed E-state index contributed by atoms with van der Waals surface area (Å²) in [7, 11) is 0. The Labute approximate surface area is 154 Å². The van der Waals surface area contributed by atoms with Gasteiger partial charge in [0.25, 0.3) is 5.91 Å². The lowest BCUT2D eigenvalue weighted by molar-refractivity contribution is -0.122. The lowest BCUT2D eigenvalue weighted by Gasteiger charge is -2.31. The SMILES string of the molecule is Cc1cc(C)cc(C2(CNC(=O)CC[C@H]3NC(=O)NC3=O)CCCC2)c1. The monoisotopic (exact) mass is 357 g/mol. The lowest BCUT2D eigenvalue weighted by atomic mass is 9.77. The molecule has 4 amide bonds. The largest absolute Gasteiger partial charge is 0.355 e. The highest BCUT2D eigenvalue weighted by atomic mass is 16.2. The fourth-order valence-electron chi connectivity index (χ4n) is 4.19. The van der Waals surface area contributed by atoms with E-state index in [1.165, 1.54) is 29.5 Å². The summed E-state index contributed by atoms with van der Waals surface area (Å²) in [5.41, 5.74) is 3.82. The van der Waals surface area contributed by atoms with Crippen molar-refractivity contribution < 1.29 is 14.4 Å². The number of aryl methyl sites for hydroxylation is 2. The van der Waals surface area contributed by atoms with Crippen molar-refractivity contribution in [1.29, 1.82) is 0 Å². The van der Waals surface area contributed by atoms with Crippen molar-refractivity contribution in [3.63, 3.8) is 0 Å². The molecule has 0 aromatic heterocycles. The molecule has 2 fully saturated rings. The van der Waals surface area contributed by atoms with Crippen molar-refractivity contribution in [3.05, 3.63) is 34.9 Å². The lowest BCUT2D eigenvalue weighted by Crippen LogP contribution is -2.40. The van der Waals surface area contributed by atoms with Crippen LogP contribution < -0.4 is 16.0 Å². The van der Waals surface area contributed by atoms with Crippen LogP contribution in [0.15, 0.2) is 18.2 Å². The van der Waals surface area contributed by atoms with Crippen molar-refractivity contribution in [1.82, 2.24) is 16.0 Å². The predicted octanol–water partition coefficient (Wildman–Crippen LogP) is 2.22. The van der Waals surface area contributed by atoms with Gasteiger partial charge in [-0.3, -0.25) is 14.9 Å². The van der Waals surface area contributed by atoms with E-state index in [-0.39, 0.29) is 23.7 Å². The third kappa shape index (κ3) is 4.06. The Morgan fingerprint density at radius 2 is 1.81 bits per heavy atom. The second-order valence-electron chi connectivity index (χ2n) is 7.69. The Bertz CT molecular complexity index is 703. The molecule has 6 heteroatoms. The average Bonchev–Trinajstić information content (AvgIpc) is 3.17. The molecule has 3 N–H and O–H groups in total. The van der Waals surface area contributed by atoms with Crippen LogP contribution in [0.4, 0.5) is 4.79 Å². The Balaban J connectivity index is 1.59. The van der Waals surface area contributed by atoms with E-state index in [1.807, 2.05) is 0 Å².